The summed E-state index contributed by atoms with van der Waals surface area (Å²) in [6.07, 6.45) is 4.67. The molecular weight excluding hydrogens is 418 g/mol. The summed E-state index contributed by atoms with van der Waals surface area (Å²) in [4.78, 5) is 40.9. The number of esters is 1. The van der Waals surface area contributed by atoms with E-state index in [9.17, 15) is 14.4 Å². The highest BCUT2D eigenvalue weighted by molar-refractivity contribution is 5.91. The Kier molecular flexibility index (Phi) is 12.1. The van der Waals surface area contributed by atoms with Crippen LogP contribution in [0.2, 0.25) is 0 Å². The van der Waals surface area contributed by atoms with Crippen LogP contribution in [0.5, 0.6) is 0 Å². The second kappa shape index (κ2) is 13.7. The molecule has 1 saturated heterocycles. The van der Waals surface area contributed by atoms with Crippen LogP contribution in [0.4, 0.5) is 0 Å². The van der Waals surface area contributed by atoms with E-state index in [0.29, 0.717) is 24.1 Å². The fraction of sp³-hybridized carbons (Fsp3) is 0.808. The van der Waals surface area contributed by atoms with Gasteiger partial charge in [0.15, 0.2) is 0 Å². The van der Waals surface area contributed by atoms with E-state index >= 15 is 0 Å². The summed E-state index contributed by atoms with van der Waals surface area (Å²) in [7, 11) is 0. The Morgan fingerprint density at radius 2 is 1.61 bits per heavy atom. The standard InChI is InChI=1S/C26H47N3O4/c1-10-33-26(32)19(8)15-21(17(4)5)27-25(31)23(18(6)7)28-24(30)22-13-11-12-14-29(22)20(9)16(2)3/h15-18,20-23H,10-14H2,1-9H3,(H,27,31)(H,28,30)/b19-15+/t20?,21-,22?,23+/m1/s1. The third-order valence-electron chi connectivity index (χ3n) is 6.64. The van der Waals surface area contributed by atoms with Gasteiger partial charge in [0.05, 0.1) is 18.7 Å². The first-order valence-corrected chi connectivity index (χ1v) is 12.6. The molecule has 190 valence electrons. The van der Waals surface area contributed by atoms with Crippen molar-refractivity contribution >= 4 is 17.8 Å². The molecule has 4 atom stereocenters. The Labute approximate surface area is 201 Å². The van der Waals surface area contributed by atoms with E-state index in [0.717, 1.165) is 25.8 Å². The van der Waals surface area contributed by atoms with Crippen LogP contribution >= 0.6 is 0 Å². The molecule has 1 fully saturated rings. The van der Waals surface area contributed by atoms with Gasteiger partial charge in [0.2, 0.25) is 11.8 Å². The monoisotopic (exact) mass is 465 g/mol. The Morgan fingerprint density at radius 3 is 2.12 bits per heavy atom. The summed E-state index contributed by atoms with van der Waals surface area (Å²) in [5.74, 6) is -0.245. The molecule has 0 saturated carbocycles. The minimum Gasteiger partial charge on any atom is -0.463 e. The van der Waals surface area contributed by atoms with E-state index in [1.807, 2.05) is 27.7 Å². The minimum atomic E-state index is -0.645. The van der Waals surface area contributed by atoms with E-state index in [2.05, 4.69) is 36.3 Å². The van der Waals surface area contributed by atoms with Crippen LogP contribution in [-0.4, -0.2) is 60.0 Å². The summed E-state index contributed by atoms with van der Waals surface area (Å²) < 4.78 is 5.06. The van der Waals surface area contributed by atoms with Gasteiger partial charge in [-0.1, -0.05) is 54.0 Å². The van der Waals surface area contributed by atoms with Gasteiger partial charge >= 0.3 is 5.97 Å². The average Bonchev–Trinajstić information content (AvgIpc) is 2.75. The predicted molar refractivity (Wildman–Crippen MR) is 133 cm³/mol. The Hall–Kier alpha value is -1.89. The SMILES string of the molecule is CCOC(=O)/C(C)=C/[C@@H](NC(=O)[C@@H](NC(=O)C1CCCCN1C(C)C(C)C)C(C)C)C(C)C. The van der Waals surface area contributed by atoms with Gasteiger partial charge < -0.3 is 15.4 Å². The Bertz CT molecular complexity index is 687. The van der Waals surface area contributed by atoms with Crippen LogP contribution in [0.15, 0.2) is 11.6 Å². The minimum absolute atomic E-state index is 0.0718. The summed E-state index contributed by atoms with van der Waals surface area (Å²) in [6, 6.07) is -0.897. The first-order chi connectivity index (χ1) is 15.4. The zero-order valence-corrected chi connectivity index (χ0v) is 22.2. The molecule has 1 aliphatic rings. The van der Waals surface area contributed by atoms with Crippen LogP contribution in [0.25, 0.3) is 0 Å². The van der Waals surface area contributed by atoms with Crippen molar-refractivity contribution in [3.05, 3.63) is 11.6 Å². The molecule has 0 bridgehead atoms. The maximum Gasteiger partial charge on any atom is 0.333 e. The van der Waals surface area contributed by atoms with Crippen molar-refractivity contribution in [3.63, 3.8) is 0 Å². The first-order valence-electron chi connectivity index (χ1n) is 12.6. The van der Waals surface area contributed by atoms with Crippen LogP contribution in [0, 0.1) is 17.8 Å². The molecule has 0 aliphatic carbocycles. The molecule has 2 N–H and O–H groups in total. The molecule has 0 radical (unpaired) electrons. The molecule has 1 heterocycles. The topological polar surface area (TPSA) is 87.7 Å². The molecule has 0 aromatic heterocycles. The quantitative estimate of drug-likeness (QED) is 0.359. The molecule has 0 aromatic rings. The van der Waals surface area contributed by atoms with Crippen molar-refractivity contribution in [2.24, 2.45) is 17.8 Å². The lowest BCUT2D eigenvalue weighted by atomic mass is 9.94. The van der Waals surface area contributed by atoms with Gasteiger partial charge in [-0.15, -0.1) is 0 Å². The number of hydrogen-bond donors (Lipinski definition) is 2. The highest BCUT2D eigenvalue weighted by atomic mass is 16.5. The van der Waals surface area contributed by atoms with Crippen molar-refractivity contribution in [3.8, 4) is 0 Å². The van der Waals surface area contributed by atoms with Gasteiger partial charge in [-0.25, -0.2) is 4.79 Å². The highest BCUT2D eigenvalue weighted by Crippen LogP contribution is 2.23. The summed E-state index contributed by atoms with van der Waals surface area (Å²) in [5.41, 5.74) is 0.460. The number of ether oxygens (including phenoxy) is 1. The number of likely N-dealkylation sites (tertiary alicyclic amines) is 1. The fourth-order valence-electron chi connectivity index (χ4n) is 4.13. The Morgan fingerprint density at radius 1 is 0.970 bits per heavy atom. The van der Waals surface area contributed by atoms with Crippen LogP contribution in [-0.2, 0) is 19.1 Å². The van der Waals surface area contributed by atoms with Gasteiger partial charge in [-0.05, 0) is 57.9 Å². The van der Waals surface area contributed by atoms with Crippen LogP contribution in [0.1, 0.15) is 81.6 Å². The molecule has 1 rings (SSSR count). The molecule has 7 heteroatoms. The molecule has 0 aromatic carbocycles. The van der Waals surface area contributed by atoms with Gasteiger partial charge in [0.25, 0.3) is 0 Å². The van der Waals surface area contributed by atoms with E-state index in [1.54, 1.807) is 19.9 Å². The number of nitrogens with one attached hydrogen (secondary N) is 2. The van der Waals surface area contributed by atoms with Crippen LogP contribution < -0.4 is 10.6 Å². The number of piperidine rings is 1. The van der Waals surface area contributed by atoms with Gasteiger partial charge in [-0.2, -0.15) is 0 Å². The average molecular weight is 466 g/mol. The van der Waals surface area contributed by atoms with Gasteiger partial charge in [0, 0.05) is 11.6 Å². The van der Waals surface area contributed by atoms with Crippen molar-refractivity contribution in [2.45, 2.75) is 106 Å². The number of hydrogen-bond acceptors (Lipinski definition) is 5. The van der Waals surface area contributed by atoms with Crippen molar-refractivity contribution in [2.75, 3.05) is 13.2 Å². The molecule has 2 amide bonds. The number of rotatable bonds is 11. The molecule has 1 aliphatic heterocycles. The lowest BCUT2D eigenvalue weighted by Gasteiger charge is -2.41. The van der Waals surface area contributed by atoms with E-state index in [1.165, 1.54) is 0 Å². The summed E-state index contributed by atoms with van der Waals surface area (Å²) >= 11 is 0. The second-order valence-corrected chi connectivity index (χ2v) is 10.3. The molecule has 0 spiro atoms. The summed E-state index contributed by atoms with van der Waals surface area (Å²) in [6.45, 7) is 19.0. The van der Waals surface area contributed by atoms with Crippen molar-refractivity contribution < 1.29 is 19.1 Å². The normalized spacial score (nSPS) is 20.5. The zero-order valence-electron chi connectivity index (χ0n) is 22.2. The lowest BCUT2D eigenvalue weighted by Crippen LogP contribution is -2.59. The van der Waals surface area contributed by atoms with E-state index < -0.39 is 6.04 Å². The number of nitrogens with zero attached hydrogens (tertiary/aromatic N) is 1. The lowest BCUT2D eigenvalue weighted by molar-refractivity contribution is -0.138. The molecule has 33 heavy (non-hydrogen) atoms. The molecular formula is C26H47N3O4. The zero-order chi connectivity index (χ0) is 25.3. The maximum atomic E-state index is 13.3. The van der Waals surface area contributed by atoms with Crippen LogP contribution in [0.3, 0.4) is 0 Å². The molecule has 2 unspecified atom stereocenters. The van der Waals surface area contributed by atoms with Gasteiger partial charge in [-0.3, -0.25) is 14.5 Å². The highest BCUT2D eigenvalue weighted by Gasteiger charge is 2.35. The fourth-order valence-corrected chi connectivity index (χ4v) is 4.13. The first kappa shape index (κ1) is 29.1. The predicted octanol–water partition coefficient (Wildman–Crippen LogP) is 3.68. The van der Waals surface area contributed by atoms with Crippen molar-refractivity contribution in [1.29, 1.82) is 0 Å². The van der Waals surface area contributed by atoms with E-state index in [-0.39, 0.29) is 41.7 Å². The number of carbonyl (C=O) groups is 3. The summed E-state index contributed by atoms with van der Waals surface area (Å²) in [5, 5.41) is 6.08. The second-order valence-electron chi connectivity index (χ2n) is 10.3. The largest absolute Gasteiger partial charge is 0.463 e. The maximum absolute atomic E-state index is 13.3. The number of amides is 2. The Balaban J connectivity index is 2.97. The number of carbonyl (C=O) groups excluding carboxylic acids is 3. The third-order valence-corrected chi connectivity index (χ3v) is 6.64. The van der Waals surface area contributed by atoms with Crippen molar-refractivity contribution in [1.82, 2.24) is 15.5 Å². The molecule has 7 nitrogen and oxygen atoms in total. The third kappa shape index (κ3) is 8.76. The van der Waals surface area contributed by atoms with E-state index in [4.69, 9.17) is 4.74 Å². The van der Waals surface area contributed by atoms with Gasteiger partial charge in [0.1, 0.15) is 6.04 Å². The smallest absolute Gasteiger partial charge is 0.333 e.